The second-order valence-corrected chi connectivity index (χ2v) is 14.5. The SMILES string of the molecule is CC(=NO)C(=O)c1ccc(F)cc1.CC(=NO)C(=O)c1ccncc1.Cc1[nH]c(=S)n(-c2ccc(F)cc2)c1-c1ccncc1.Cc1[nH]c(=S)n(-c2cccnc2)c1-c1ccc(F)cc1. The lowest BCUT2D eigenvalue weighted by Crippen LogP contribution is -2.10. The number of aromatic amines is 2. The minimum absolute atomic E-state index is 0.0217. The third-order valence-electron chi connectivity index (χ3n) is 9.22. The maximum atomic E-state index is 13.1. The molecule has 330 valence electrons. The van der Waals surface area contributed by atoms with E-state index < -0.39 is 11.6 Å². The van der Waals surface area contributed by atoms with E-state index in [0.29, 0.717) is 20.7 Å². The van der Waals surface area contributed by atoms with Crippen molar-refractivity contribution < 1.29 is 33.2 Å². The summed E-state index contributed by atoms with van der Waals surface area (Å²) in [5.41, 5.74) is 8.22. The molecule has 0 bridgehead atoms. The van der Waals surface area contributed by atoms with Crippen LogP contribution in [0.25, 0.3) is 33.9 Å². The van der Waals surface area contributed by atoms with Crippen molar-refractivity contribution in [1.82, 2.24) is 34.1 Å². The summed E-state index contributed by atoms with van der Waals surface area (Å²) < 4.78 is 43.6. The van der Waals surface area contributed by atoms with E-state index >= 15 is 0 Å². The van der Waals surface area contributed by atoms with Gasteiger partial charge in [0.05, 0.1) is 23.3 Å². The molecule has 0 atom stereocenters. The maximum Gasteiger partial charge on any atom is 0.210 e. The Kier molecular flexibility index (Phi) is 17.0. The molecule has 0 fully saturated rings. The molecular weight excluding hydrogens is 876 g/mol. The number of hydrogen-bond donors (Lipinski definition) is 4. The summed E-state index contributed by atoms with van der Waals surface area (Å²) in [6, 6.07) is 28.4. The lowest BCUT2D eigenvalue weighted by Gasteiger charge is -2.09. The third-order valence-corrected chi connectivity index (χ3v) is 9.79. The fourth-order valence-corrected chi connectivity index (χ4v) is 6.78. The molecule has 8 aromatic rings. The van der Waals surface area contributed by atoms with Crippen molar-refractivity contribution in [2.24, 2.45) is 10.3 Å². The fraction of sp³-hybridized carbons (Fsp3) is 0.0851. The quantitative estimate of drug-likeness (QED) is 0.0379. The van der Waals surface area contributed by atoms with E-state index in [1.165, 1.54) is 74.8 Å². The Hall–Kier alpha value is -7.96. The summed E-state index contributed by atoms with van der Waals surface area (Å²) in [5, 5.41) is 22.2. The number of aromatic nitrogens is 7. The normalized spacial score (nSPS) is 10.9. The summed E-state index contributed by atoms with van der Waals surface area (Å²) in [6.45, 7) is 6.74. The van der Waals surface area contributed by atoms with Gasteiger partial charge in [0.2, 0.25) is 11.6 Å². The number of imidazole rings is 2. The van der Waals surface area contributed by atoms with Crippen molar-refractivity contribution >= 4 is 47.4 Å². The molecule has 0 amide bonds. The van der Waals surface area contributed by atoms with E-state index in [1.54, 1.807) is 61.2 Å². The van der Waals surface area contributed by atoms with Gasteiger partial charge in [-0.3, -0.25) is 33.7 Å². The van der Waals surface area contributed by atoms with E-state index in [9.17, 15) is 22.8 Å². The van der Waals surface area contributed by atoms with Crippen LogP contribution in [0, 0.1) is 40.8 Å². The van der Waals surface area contributed by atoms with Crippen molar-refractivity contribution in [3.8, 4) is 33.9 Å². The second-order valence-electron chi connectivity index (χ2n) is 13.7. The summed E-state index contributed by atoms with van der Waals surface area (Å²) in [7, 11) is 0. The van der Waals surface area contributed by atoms with Gasteiger partial charge in [0.15, 0.2) is 9.54 Å². The monoisotopic (exact) mass is 915 g/mol. The van der Waals surface area contributed by atoms with Crippen LogP contribution in [0.1, 0.15) is 46.0 Å². The Balaban J connectivity index is 0.000000167. The fourth-order valence-electron chi connectivity index (χ4n) is 6.08. The number of H-pyrrole nitrogens is 2. The van der Waals surface area contributed by atoms with Gasteiger partial charge in [0.25, 0.3) is 0 Å². The van der Waals surface area contributed by atoms with Gasteiger partial charge in [-0.25, -0.2) is 13.2 Å². The zero-order chi connectivity index (χ0) is 47.0. The van der Waals surface area contributed by atoms with E-state index in [0.717, 1.165) is 45.3 Å². The molecule has 0 saturated heterocycles. The Morgan fingerprint density at radius 3 is 1.38 bits per heavy atom. The molecule has 5 heterocycles. The average molecular weight is 916 g/mol. The molecule has 8 rings (SSSR count). The molecule has 0 aliphatic carbocycles. The first-order valence-electron chi connectivity index (χ1n) is 19.3. The number of rotatable bonds is 8. The topological polar surface area (TPSA) is 179 Å². The van der Waals surface area contributed by atoms with Gasteiger partial charge in [-0.05, 0) is 161 Å². The Bertz CT molecular complexity index is 3030. The molecule has 5 aromatic heterocycles. The highest BCUT2D eigenvalue weighted by Crippen LogP contribution is 2.28. The summed E-state index contributed by atoms with van der Waals surface area (Å²) >= 11 is 10.7. The van der Waals surface area contributed by atoms with Gasteiger partial charge in [-0.2, -0.15) is 0 Å². The number of Topliss-reactive ketones (excluding diaryl/α,β-unsaturated/α-hetero) is 2. The van der Waals surface area contributed by atoms with Crippen molar-refractivity contribution in [2.75, 3.05) is 0 Å². The van der Waals surface area contributed by atoms with Crippen LogP contribution in [-0.4, -0.2) is 67.5 Å². The lowest BCUT2D eigenvalue weighted by atomic mass is 10.1. The number of halogens is 3. The number of oxime groups is 2. The second kappa shape index (κ2) is 22.9. The number of aryl methyl sites for hydroxylation is 2. The molecule has 0 radical (unpaired) electrons. The molecule has 0 aliphatic heterocycles. The predicted octanol–water partition coefficient (Wildman–Crippen LogP) is 11.1. The molecule has 3 aromatic carbocycles. The predicted molar refractivity (Wildman–Crippen MR) is 247 cm³/mol. The third kappa shape index (κ3) is 12.6. The van der Waals surface area contributed by atoms with E-state index in [-0.39, 0.29) is 28.8 Å². The van der Waals surface area contributed by atoms with E-state index in [1.807, 2.05) is 47.2 Å². The van der Waals surface area contributed by atoms with Gasteiger partial charge in [0.1, 0.15) is 28.9 Å². The zero-order valence-corrected chi connectivity index (χ0v) is 36.8. The minimum atomic E-state index is -0.414. The first-order valence-corrected chi connectivity index (χ1v) is 20.1. The number of ketones is 2. The molecular formula is C47H40F3N9O4S2. The van der Waals surface area contributed by atoms with Gasteiger partial charge in [0, 0.05) is 70.3 Å². The van der Waals surface area contributed by atoms with Crippen molar-refractivity contribution in [3.63, 3.8) is 0 Å². The molecule has 0 saturated carbocycles. The van der Waals surface area contributed by atoms with Crippen LogP contribution in [0.2, 0.25) is 0 Å². The number of nitrogens with one attached hydrogen (secondary N) is 2. The van der Waals surface area contributed by atoms with E-state index in [2.05, 4.69) is 35.2 Å². The van der Waals surface area contributed by atoms with Crippen molar-refractivity contribution in [2.45, 2.75) is 27.7 Å². The Morgan fingerprint density at radius 1 is 0.538 bits per heavy atom. The van der Waals surface area contributed by atoms with Crippen LogP contribution in [-0.2, 0) is 0 Å². The molecule has 0 aliphatic rings. The zero-order valence-electron chi connectivity index (χ0n) is 35.1. The van der Waals surface area contributed by atoms with Crippen molar-refractivity contribution in [3.05, 3.63) is 196 Å². The highest BCUT2D eigenvalue weighted by molar-refractivity contribution is 7.71. The maximum absolute atomic E-state index is 13.1. The molecule has 18 heteroatoms. The Labute approximate surface area is 381 Å². The lowest BCUT2D eigenvalue weighted by molar-refractivity contribution is 0.105. The van der Waals surface area contributed by atoms with Crippen LogP contribution in [0.15, 0.2) is 157 Å². The number of nitrogens with zero attached hydrogens (tertiary/aromatic N) is 7. The van der Waals surface area contributed by atoms with Crippen LogP contribution in [0.3, 0.4) is 0 Å². The first kappa shape index (κ1) is 48.1. The standard InChI is InChI=1S/2C15H12FN3S.C9H8FNO2.C8H8N2O2/c1-10-14(11-6-8-17-9-7-11)19(15(20)18-10)13-4-2-12(16)3-5-13;1-10-14(11-4-6-12(16)7-5-11)19(15(20)18-10)13-3-2-8-17-9-13;1-6(11-13)9(12)7-2-4-8(10)5-3-7;1-6(10-12)8(11)7-2-4-9-5-3-7/h2*2-9H,1H3,(H,18,20);2-5,13H,1H3;2-5,12H,1H3. The summed E-state index contributed by atoms with van der Waals surface area (Å²) in [4.78, 5) is 40.7. The molecule has 13 nitrogen and oxygen atoms in total. The van der Waals surface area contributed by atoms with Crippen LogP contribution in [0.4, 0.5) is 13.2 Å². The largest absolute Gasteiger partial charge is 0.411 e. The van der Waals surface area contributed by atoms with Crippen LogP contribution in [0.5, 0.6) is 0 Å². The summed E-state index contributed by atoms with van der Waals surface area (Å²) in [5.74, 6) is -1.64. The highest BCUT2D eigenvalue weighted by atomic mass is 32.1. The van der Waals surface area contributed by atoms with E-state index in [4.69, 9.17) is 34.9 Å². The molecule has 0 spiro atoms. The number of carbonyl (C=O) groups is 2. The summed E-state index contributed by atoms with van der Waals surface area (Å²) in [6.07, 6.45) is 9.95. The van der Waals surface area contributed by atoms with Crippen LogP contribution >= 0.6 is 24.4 Å². The molecule has 4 N–H and O–H groups in total. The van der Waals surface area contributed by atoms with Gasteiger partial charge in [-0.15, -0.1) is 0 Å². The smallest absolute Gasteiger partial charge is 0.210 e. The molecule has 0 unspecified atom stereocenters. The van der Waals surface area contributed by atoms with Gasteiger partial charge in [-0.1, -0.05) is 10.3 Å². The average Bonchev–Trinajstić information content (AvgIpc) is 3.81. The number of pyridine rings is 3. The Morgan fingerprint density at radius 2 is 0.938 bits per heavy atom. The molecule has 65 heavy (non-hydrogen) atoms. The number of hydrogen-bond acceptors (Lipinski definition) is 11. The minimum Gasteiger partial charge on any atom is -0.411 e. The van der Waals surface area contributed by atoms with Crippen molar-refractivity contribution in [1.29, 1.82) is 0 Å². The highest BCUT2D eigenvalue weighted by Gasteiger charge is 2.15. The van der Waals surface area contributed by atoms with Crippen LogP contribution < -0.4 is 0 Å². The number of carbonyl (C=O) groups excluding carboxylic acids is 2. The number of benzene rings is 3. The van der Waals surface area contributed by atoms with Gasteiger partial charge < -0.3 is 20.4 Å². The van der Waals surface area contributed by atoms with Gasteiger partial charge >= 0.3 is 0 Å². The first-order chi connectivity index (χ1) is 31.2.